The van der Waals surface area contributed by atoms with Crippen molar-refractivity contribution in [2.75, 3.05) is 0 Å². The van der Waals surface area contributed by atoms with Gasteiger partial charge in [0.25, 0.3) is 5.91 Å². The fraction of sp³-hybridized carbons (Fsp3) is 0.742. The summed E-state index contributed by atoms with van der Waals surface area (Å²) in [5.41, 5.74) is 1.44. The maximum absolute atomic E-state index is 13.1. The van der Waals surface area contributed by atoms with Crippen LogP contribution in [0, 0.1) is 13.8 Å². The number of hydrogen-bond donors (Lipinski definition) is 0. The van der Waals surface area contributed by atoms with Crippen LogP contribution in [0.5, 0.6) is 5.75 Å². The third-order valence-electron chi connectivity index (χ3n) is 6.69. The van der Waals surface area contributed by atoms with E-state index in [4.69, 9.17) is 9.57 Å². The molecule has 0 N–H and O–H groups in total. The molecule has 1 amide bonds. The Hall–Kier alpha value is -2.04. The number of amides is 1. The molecule has 0 aliphatic heterocycles. The van der Waals surface area contributed by atoms with Crippen molar-refractivity contribution in [2.24, 2.45) is 0 Å². The molecule has 0 heterocycles. The van der Waals surface area contributed by atoms with Gasteiger partial charge in [0.15, 0.2) is 6.10 Å². The van der Waals surface area contributed by atoms with Gasteiger partial charge in [-0.3, -0.25) is 4.79 Å². The molecule has 0 saturated carbocycles. The molecule has 5 nitrogen and oxygen atoms in total. The highest BCUT2D eigenvalue weighted by molar-refractivity contribution is 5.82. The van der Waals surface area contributed by atoms with Crippen molar-refractivity contribution in [3.8, 4) is 5.75 Å². The molecule has 36 heavy (non-hydrogen) atoms. The highest BCUT2D eigenvalue weighted by atomic mass is 16.7. The number of unbranched alkanes of at least 4 members (excludes halogenated alkanes) is 12. The van der Waals surface area contributed by atoms with Crippen LogP contribution in [-0.4, -0.2) is 28.6 Å². The van der Waals surface area contributed by atoms with Crippen LogP contribution in [0.4, 0.5) is 0 Å². The zero-order chi connectivity index (χ0) is 27.0. The molecule has 0 saturated heterocycles. The Morgan fingerprint density at radius 3 is 1.83 bits per heavy atom. The number of benzene rings is 1. The zero-order valence-corrected chi connectivity index (χ0v) is 24.3. The van der Waals surface area contributed by atoms with E-state index in [0.29, 0.717) is 12.2 Å². The van der Waals surface area contributed by atoms with Gasteiger partial charge >= 0.3 is 5.97 Å². The van der Waals surface area contributed by atoms with Crippen molar-refractivity contribution in [2.45, 2.75) is 150 Å². The van der Waals surface area contributed by atoms with E-state index in [2.05, 4.69) is 6.92 Å². The maximum atomic E-state index is 13.1. The van der Waals surface area contributed by atoms with Crippen LogP contribution >= 0.6 is 0 Å². The van der Waals surface area contributed by atoms with E-state index in [9.17, 15) is 9.59 Å². The predicted octanol–water partition coefficient (Wildman–Crippen LogP) is 8.64. The van der Waals surface area contributed by atoms with Crippen molar-refractivity contribution < 1.29 is 19.2 Å². The second-order valence-corrected chi connectivity index (χ2v) is 11.2. The average molecular weight is 504 g/mol. The Morgan fingerprint density at radius 2 is 1.33 bits per heavy atom. The summed E-state index contributed by atoms with van der Waals surface area (Å²) in [6.45, 7) is 13.5. The average Bonchev–Trinajstić information content (AvgIpc) is 2.82. The maximum Gasteiger partial charge on any atom is 0.332 e. The third-order valence-corrected chi connectivity index (χ3v) is 6.69. The highest BCUT2D eigenvalue weighted by Gasteiger charge is 2.34. The number of carbonyl (C=O) groups excluding carboxylic acids is 2. The molecule has 0 fully saturated rings. The Labute approximate surface area is 221 Å². The quantitative estimate of drug-likeness (QED) is 0.158. The smallest absolute Gasteiger partial charge is 0.332 e. The molecule has 1 unspecified atom stereocenters. The number of hydrogen-bond acceptors (Lipinski definition) is 4. The molecular weight excluding hydrogens is 450 g/mol. The molecule has 0 radical (unpaired) electrons. The van der Waals surface area contributed by atoms with E-state index in [1.807, 2.05) is 52.8 Å². The lowest BCUT2D eigenvalue weighted by Gasteiger charge is -2.34. The van der Waals surface area contributed by atoms with Gasteiger partial charge in [-0.1, -0.05) is 96.1 Å². The van der Waals surface area contributed by atoms with E-state index in [1.54, 1.807) is 6.92 Å². The van der Waals surface area contributed by atoms with Crippen molar-refractivity contribution in [1.82, 2.24) is 5.06 Å². The predicted molar refractivity (Wildman–Crippen MR) is 149 cm³/mol. The minimum Gasteiger partial charge on any atom is -0.480 e. The van der Waals surface area contributed by atoms with E-state index in [1.165, 1.54) is 69.3 Å². The lowest BCUT2D eigenvalue weighted by Crippen LogP contribution is -2.51. The molecule has 1 aromatic carbocycles. The van der Waals surface area contributed by atoms with Crippen LogP contribution in [-0.2, 0) is 14.4 Å². The first kappa shape index (κ1) is 32.0. The standard InChI is InChI=1S/C31H53NO4/c1-8-9-10-11-12-13-14-15-16-17-18-19-20-24-29(33)36-32(31(5,6)7)30(34)27(4)35-28-23-21-22-25(2)26(28)3/h21-23,27H,8-20,24H2,1-7H3. The fourth-order valence-electron chi connectivity index (χ4n) is 4.20. The van der Waals surface area contributed by atoms with Crippen LogP contribution in [0.2, 0.25) is 0 Å². The monoisotopic (exact) mass is 503 g/mol. The fourth-order valence-corrected chi connectivity index (χ4v) is 4.20. The summed E-state index contributed by atoms with van der Waals surface area (Å²) in [5.74, 6) is -0.0505. The SMILES string of the molecule is CCCCCCCCCCCCCCCC(=O)ON(C(=O)C(C)Oc1cccc(C)c1C)C(C)(C)C. The van der Waals surface area contributed by atoms with Crippen LogP contribution in [0.1, 0.15) is 136 Å². The second-order valence-electron chi connectivity index (χ2n) is 11.2. The second kappa shape index (κ2) is 17.4. The molecule has 0 aliphatic carbocycles. The minimum absolute atomic E-state index is 0.323. The molecule has 0 spiro atoms. The molecule has 1 rings (SSSR count). The molecule has 1 atom stereocenters. The number of aryl methyl sites for hydroxylation is 1. The largest absolute Gasteiger partial charge is 0.480 e. The molecule has 1 aromatic rings. The zero-order valence-electron chi connectivity index (χ0n) is 24.3. The number of ether oxygens (including phenoxy) is 1. The first-order chi connectivity index (χ1) is 17.1. The Balaban J connectivity index is 2.33. The van der Waals surface area contributed by atoms with Gasteiger partial charge in [-0.05, 0) is 65.2 Å². The van der Waals surface area contributed by atoms with E-state index in [0.717, 1.165) is 30.4 Å². The number of rotatable bonds is 17. The molecule has 206 valence electrons. The van der Waals surface area contributed by atoms with Gasteiger partial charge in [0.2, 0.25) is 0 Å². The lowest BCUT2D eigenvalue weighted by molar-refractivity contribution is -0.221. The first-order valence-corrected chi connectivity index (χ1v) is 14.4. The van der Waals surface area contributed by atoms with Crippen LogP contribution in [0.25, 0.3) is 0 Å². The lowest BCUT2D eigenvalue weighted by atomic mass is 10.0. The van der Waals surface area contributed by atoms with E-state index < -0.39 is 11.6 Å². The molecule has 0 aliphatic rings. The van der Waals surface area contributed by atoms with Crippen LogP contribution in [0.3, 0.4) is 0 Å². The number of nitrogens with zero attached hydrogens (tertiary/aromatic N) is 1. The number of carbonyl (C=O) groups is 2. The van der Waals surface area contributed by atoms with Gasteiger partial charge in [-0.15, -0.1) is 0 Å². The minimum atomic E-state index is -0.770. The topological polar surface area (TPSA) is 55.8 Å². The Bertz CT molecular complexity index is 768. The normalized spacial score (nSPS) is 12.3. The third kappa shape index (κ3) is 12.8. The molecule has 0 aromatic heterocycles. The van der Waals surface area contributed by atoms with Crippen molar-refractivity contribution in [1.29, 1.82) is 0 Å². The van der Waals surface area contributed by atoms with Crippen molar-refractivity contribution in [3.05, 3.63) is 29.3 Å². The molecule has 5 heteroatoms. The van der Waals surface area contributed by atoms with Gasteiger partial charge in [0.05, 0.1) is 5.54 Å². The van der Waals surface area contributed by atoms with E-state index in [-0.39, 0.29) is 11.9 Å². The first-order valence-electron chi connectivity index (χ1n) is 14.4. The van der Waals surface area contributed by atoms with Crippen LogP contribution < -0.4 is 4.74 Å². The van der Waals surface area contributed by atoms with Gasteiger partial charge in [0, 0.05) is 6.42 Å². The van der Waals surface area contributed by atoms with Crippen molar-refractivity contribution >= 4 is 11.9 Å². The summed E-state index contributed by atoms with van der Waals surface area (Å²) in [4.78, 5) is 31.2. The highest BCUT2D eigenvalue weighted by Crippen LogP contribution is 2.24. The summed E-state index contributed by atoms with van der Waals surface area (Å²) in [5, 5.41) is 1.19. The van der Waals surface area contributed by atoms with Crippen LogP contribution in [0.15, 0.2) is 18.2 Å². The van der Waals surface area contributed by atoms with E-state index >= 15 is 0 Å². The number of hydroxylamine groups is 2. The summed E-state index contributed by atoms with van der Waals surface area (Å²) < 4.78 is 5.95. The summed E-state index contributed by atoms with van der Waals surface area (Å²) >= 11 is 0. The van der Waals surface area contributed by atoms with Gasteiger partial charge in [-0.2, -0.15) is 5.06 Å². The Kier molecular flexibility index (Phi) is 15.5. The van der Waals surface area contributed by atoms with Crippen molar-refractivity contribution in [3.63, 3.8) is 0 Å². The summed E-state index contributed by atoms with van der Waals surface area (Å²) in [7, 11) is 0. The molecule has 0 bridgehead atoms. The van der Waals surface area contributed by atoms with Gasteiger partial charge < -0.3 is 9.57 Å². The summed E-state index contributed by atoms with van der Waals surface area (Å²) in [6.07, 6.45) is 15.9. The van der Waals surface area contributed by atoms with Gasteiger partial charge in [0.1, 0.15) is 5.75 Å². The Morgan fingerprint density at radius 1 is 0.833 bits per heavy atom. The van der Waals surface area contributed by atoms with Gasteiger partial charge in [-0.25, -0.2) is 4.79 Å². The summed E-state index contributed by atoms with van der Waals surface area (Å²) in [6, 6.07) is 5.77. The molecular formula is C31H53NO4.